The molecule has 1 fully saturated rings. The lowest BCUT2D eigenvalue weighted by molar-refractivity contribution is 0.00859. The third kappa shape index (κ3) is 2.77. The van der Waals surface area contributed by atoms with Gasteiger partial charge in [0.05, 0.1) is 6.10 Å². The van der Waals surface area contributed by atoms with E-state index >= 15 is 0 Å². The summed E-state index contributed by atoms with van der Waals surface area (Å²) in [4.78, 5) is 14.2. The van der Waals surface area contributed by atoms with Gasteiger partial charge in [-0.15, -0.1) is 0 Å². The van der Waals surface area contributed by atoms with Crippen molar-refractivity contribution in [2.45, 2.75) is 25.6 Å². The molecule has 0 spiro atoms. The van der Waals surface area contributed by atoms with Crippen LogP contribution in [-0.4, -0.2) is 40.4 Å². The predicted octanol–water partition coefficient (Wildman–Crippen LogP) is 0.0364. The highest BCUT2D eigenvalue weighted by atomic mass is 16.5. The molecule has 0 radical (unpaired) electrons. The van der Waals surface area contributed by atoms with Crippen molar-refractivity contribution in [3.63, 3.8) is 0 Å². The highest BCUT2D eigenvalue weighted by molar-refractivity contribution is 5.82. The Morgan fingerprint density at radius 2 is 2.31 bits per heavy atom. The molecule has 7 heteroatoms. The van der Waals surface area contributed by atoms with Crippen LogP contribution in [0.1, 0.15) is 29.4 Å². The number of carboxylic acids is 1. The van der Waals surface area contributed by atoms with E-state index in [9.17, 15) is 4.79 Å². The van der Waals surface area contributed by atoms with E-state index in [0.29, 0.717) is 0 Å². The summed E-state index contributed by atoms with van der Waals surface area (Å²) in [5.74, 6) is -1.32. The van der Waals surface area contributed by atoms with Gasteiger partial charge in [-0.05, 0) is 31.1 Å². The summed E-state index contributed by atoms with van der Waals surface area (Å²) in [7, 11) is 0. The summed E-state index contributed by atoms with van der Waals surface area (Å²) in [6.07, 6.45) is 2.07. The molecule has 7 nitrogen and oxygen atoms in total. The van der Waals surface area contributed by atoms with Crippen molar-refractivity contribution in [1.29, 1.82) is 0 Å². The molecule has 0 amide bonds. The lowest BCUT2D eigenvalue weighted by atomic mass is 10.1. The van der Waals surface area contributed by atoms with Crippen molar-refractivity contribution in [3.05, 3.63) is 11.7 Å². The van der Waals surface area contributed by atoms with E-state index in [-0.39, 0.29) is 24.4 Å². The third-order valence-electron chi connectivity index (χ3n) is 2.39. The molecule has 0 unspecified atom stereocenters. The third-order valence-corrected chi connectivity index (χ3v) is 2.39. The number of aromatic carboxylic acids is 1. The summed E-state index contributed by atoms with van der Waals surface area (Å²) in [5, 5.41) is 15.1. The van der Waals surface area contributed by atoms with Crippen LogP contribution in [-0.2, 0) is 11.3 Å². The van der Waals surface area contributed by atoms with Gasteiger partial charge in [-0.3, -0.25) is 0 Å². The van der Waals surface area contributed by atoms with Gasteiger partial charge in [0.15, 0.2) is 0 Å². The van der Waals surface area contributed by atoms with Crippen LogP contribution in [0.4, 0.5) is 0 Å². The molecule has 1 aromatic rings. The van der Waals surface area contributed by atoms with E-state index in [1.165, 1.54) is 0 Å². The maximum atomic E-state index is 10.5. The van der Waals surface area contributed by atoms with E-state index in [1.54, 1.807) is 0 Å². The lowest BCUT2D eigenvalue weighted by Gasteiger charge is -2.21. The van der Waals surface area contributed by atoms with Crippen LogP contribution < -0.4 is 5.32 Å². The molecular weight excluding hydrogens is 214 g/mol. The maximum Gasteiger partial charge on any atom is 0.377 e. The van der Waals surface area contributed by atoms with Crippen LogP contribution >= 0.6 is 0 Å². The number of nitrogens with zero attached hydrogens (tertiary/aromatic N) is 2. The van der Waals surface area contributed by atoms with Crippen LogP contribution in [0.3, 0.4) is 0 Å². The number of hydrogen-bond acceptors (Lipinski definition) is 6. The maximum absolute atomic E-state index is 10.5. The Labute approximate surface area is 91.8 Å². The van der Waals surface area contributed by atoms with Gasteiger partial charge in [-0.1, -0.05) is 0 Å². The molecule has 1 saturated heterocycles. The number of piperidine rings is 1. The lowest BCUT2D eigenvalue weighted by Crippen LogP contribution is -2.32. The van der Waals surface area contributed by atoms with Crippen LogP contribution in [0.25, 0.3) is 0 Å². The first kappa shape index (κ1) is 11.0. The topological polar surface area (TPSA) is 97.5 Å². The zero-order chi connectivity index (χ0) is 11.4. The molecule has 2 N–H and O–H groups in total. The second-order valence-electron chi connectivity index (χ2n) is 3.58. The minimum Gasteiger partial charge on any atom is -0.475 e. The Bertz CT molecular complexity index is 359. The van der Waals surface area contributed by atoms with Crippen molar-refractivity contribution in [2.75, 3.05) is 13.1 Å². The highest BCUT2D eigenvalue weighted by Crippen LogP contribution is 2.10. The normalized spacial score (nSPS) is 17.5. The molecular formula is C9H13N3O4. The van der Waals surface area contributed by atoms with Gasteiger partial charge in [0.25, 0.3) is 11.7 Å². The fourth-order valence-corrected chi connectivity index (χ4v) is 1.55. The molecule has 0 atom stereocenters. The number of carbonyl (C=O) groups is 1. The quantitative estimate of drug-likeness (QED) is 0.749. The number of nitrogens with one attached hydrogen (secondary N) is 1. The molecule has 0 bridgehead atoms. The Kier molecular flexibility index (Phi) is 3.47. The van der Waals surface area contributed by atoms with Gasteiger partial charge >= 0.3 is 5.97 Å². The van der Waals surface area contributed by atoms with E-state index < -0.39 is 5.97 Å². The number of hydrogen-bond donors (Lipinski definition) is 2. The van der Waals surface area contributed by atoms with E-state index in [1.807, 2.05) is 0 Å². The summed E-state index contributed by atoms with van der Waals surface area (Å²) in [5.41, 5.74) is 0. The van der Waals surface area contributed by atoms with Crippen LogP contribution in [0.15, 0.2) is 4.52 Å². The highest BCUT2D eigenvalue weighted by Gasteiger charge is 2.16. The van der Waals surface area contributed by atoms with Gasteiger partial charge in [0.2, 0.25) is 0 Å². The average Bonchev–Trinajstić information content (AvgIpc) is 2.76. The van der Waals surface area contributed by atoms with Gasteiger partial charge < -0.3 is 19.7 Å². The van der Waals surface area contributed by atoms with Crippen molar-refractivity contribution in [3.8, 4) is 0 Å². The molecule has 1 aliphatic rings. The van der Waals surface area contributed by atoms with Crippen LogP contribution in [0.2, 0.25) is 0 Å². The van der Waals surface area contributed by atoms with Crippen LogP contribution in [0, 0.1) is 0 Å². The number of rotatable bonds is 4. The van der Waals surface area contributed by atoms with Gasteiger partial charge in [0, 0.05) is 0 Å². The number of aromatic nitrogens is 2. The monoisotopic (exact) mass is 227 g/mol. The predicted molar refractivity (Wildman–Crippen MR) is 51.9 cm³/mol. The average molecular weight is 227 g/mol. The number of carboxylic acid groups (broad SMARTS) is 1. The van der Waals surface area contributed by atoms with Crippen molar-refractivity contribution in [1.82, 2.24) is 15.5 Å². The Balaban J connectivity index is 1.81. The molecule has 0 saturated carbocycles. The second kappa shape index (κ2) is 5.04. The van der Waals surface area contributed by atoms with Crippen molar-refractivity contribution < 1.29 is 19.2 Å². The largest absolute Gasteiger partial charge is 0.475 e. The minimum atomic E-state index is -1.20. The first-order valence-corrected chi connectivity index (χ1v) is 5.14. The van der Waals surface area contributed by atoms with E-state index in [0.717, 1.165) is 25.9 Å². The molecule has 1 aromatic heterocycles. The van der Waals surface area contributed by atoms with Crippen LogP contribution in [0.5, 0.6) is 0 Å². The Morgan fingerprint density at radius 1 is 1.56 bits per heavy atom. The van der Waals surface area contributed by atoms with E-state index in [2.05, 4.69) is 15.5 Å². The molecule has 0 aromatic carbocycles. The molecule has 2 rings (SSSR count). The number of ether oxygens (including phenoxy) is 1. The molecule has 1 aliphatic heterocycles. The van der Waals surface area contributed by atoms with Gasteiger partial charge in [-0.25, -0.2) is 4.79 Å². The van der Waals surface area contributed by atoms with Crippen molar-refractivity contribution in [2.24, 2.45) is 0 Å². The smallest absolute Gasteiger partial charge is 0.377 e. The summed E-state index contributed by atoms with van der Waals surface area (Å²) < 4.78 is 10.3. The Hall–Kier alpha value is -1.47. The SMILES string of the molecule is O=C(O)c1noc(COC2CCNCC2)n1. The summed E-state index contributed by atoms with van der Waals surface area (Å²) >= 11 is 0. The zero-order valence-electron chi connectivity index (χ0n) is 8.68. The zero-order valence-corrected chi connectivity index (χ0v) is 8.68. The summed E-state index contributed by atoms with van der Waals surface area (Å²) in [6, 6.07) is 0. The Morgan fingerprint density at radius 3 is 2.94 bits per heavy atom. The first-order valence-electron chi connectivity index (χ1n) is 5.14. The first-order chi connectivity index (χ1) is 7.75. The van der Waals surface area contributed by atoms with Crippen molar-refractivity contribution >= 4 is 5.97 Å². The fraction of sp³-hybridized carbons (Fsp3) is 0.667. The molecule has 0 aliphatic carbocycles. The second-order valence-corrected chi connectivity index (χ2v) is 3.58. The molecule has 2 heterocycles. The minimum absolute atomic E-state index is 0.172. The van der Waals surface area contributed by atoms with Gasteiger partial charge in [0.1, 0.15) is 6.61 Å². The van der Waals surface area contributed by atoms with Gasteiger partial charge in [-0.2, -0.15) is 4.98 Å². The standard InChI is InChI=1S/C9H13N3O4/c13-9(14)8-11-7(16-12-8)5-15-6-1-3-10-4-2-6/h6,10H,1-5H2,(H,13,14). The summed E-state index contributed by atoms with van der Waals surface area (Å²) in [6.45, 7) is 2.05. The fourth-order valence-electron chi connectivity index (χ4n) is 1.55. The molecule has 88 valence electrons. The molecule has 16 heavy (non-hydrogen) atoms. The van der Waals surface area contributed by atoms with E-state index in [4.69, 9.17) is 14.4 Å².